The van der Waals surface area contributed by atoms with Gasteiger partial charge in [-0.15, -0.1) is 0 Å². The second-order valence-electron chi connectivity index (χ2n) is 7.23. The van der Waals surface area contributed by atoms with Crippen LogP contribution in [0.1, 0.15) is 41.3 Å². The number of nitrogens with zero attached hydrogens (tertiary/aromatic N) is 2. The van der Waals surface area contributed by atoms with Crippen molar-refractivity contribution in [2.24, 2.45) is 0 Å². The van der Waals surface area contributed by atoms with Crippen LogP contribution in [0.25, 0.3) is 0 Å². The van der Waals surface area contributed by atoms with Crippen molar-refractivity contribution in [1.29, 1.82) is 0 Å². The van der Waals surface area contributed by atoms with Crippen LogP contribution in [0, 0.1) is 0 Å². The summed E-state index contributed by atoms with van der Waals surface area (Å²) >= 11 is 0. The Morgan fingerprint density at radius 1 is 0.893 bits per heavy atom. The van der Waals surface area contributed by atoms with Gasteiger partial charge in [0.2, 0.25) is 10.0 Å². The Balaban J connectivity index is 1.77. The van der Waals surface area contributed by atoms with Crippen LogP contribution in [0.5, 0.6) is 0 Å². The van der Waals surface area contributed by atoms with Crippen LogP contribution in [0.3, 0.4) is 0 Å². The number of fused-ring (bicyclic) bond motifs is 1. The minimum absolute atomic E-state index is 0.354. The molecule has 1 aliphatic rings. The molecule has 0 bridgehead atoms. The van der Waals surface area contributed by atoms with Gasteiger partial charge in [-0.3, -0.25) is 4.98 Å². The van der Waals surface area contributed by atoms with E-state index >= 15 is 0 Å². The van der Waals surface area contributed by atoms with Crippen molar-refractivity contribution in [3.63, 3.8) is 0 Å². The second-order valence-corrected chi connectivity index (χ2v) is 9.22. The molecule has 1 aliphatic carbocycles. The third-order valence-electron chi connectivity index (χ3n) is 5.44. The molecule has 0 saturated carbocycles. The van der Waals surface area contributed by atoms with E-state index in [-0.39, 0.29) is 0 Å². The molecular weight excluding hydrogens is 368 g/mol. The van der Waals surface area contributed by atoms with E-state index in [1.54, 1.807) is 19.3 Å². The van der Waals surface area contributed by atoms with E-state index in [2.05, 4.69) is 4.98 Å². The van der Waals surface area contributed by atoms with Gasteiger partial charge in [-0.2, -0.15) is 4.31 Å². The minimum atomic E-state index is -3.67. The number of hydrogen-bond acceptors (Lipinski definition) is 3. The van der Waals surface area contributed by atoms with E-state index in [0.29, 0.717) is 10.6 Å². The van der Waals surface area contributed by atoms with E-state index in [4.69, 9.17) is 0 Å². The van der Waals surface area contributed by atoms with Crippen molar-refractivity contribution in [1.82, 2.24) is 9.29 Å². The fourth-order valence-corrected chi connectivity index (χ4v) is 5.29. The van der Waals surface area contributed by atoms with E-state index < -0.39 is 16.1 Å². The summed E-state index contributed by atoms with van der Waals surface area (Å²) in [5.41, 5.74) is 4.04. The molecule has 4 nitrogen and oxygen atoms in total. The van der Waals surface area contributed by atoms with Gasteiger partial charge >= 0.3 is 0 Å². The van der Waals surface area contributed by atoms with Gasteiger partial charge in [-0.1, -0.05) is 42.5 Å². The molecule has 0 spiro atoms. The fraction of sp³-hybridized carbons (Fsp3) is 0.261. The van der Waals surface area contributed by atoms with Crippen LogP contribution in [0.4, 0.5) is 0 Å². The molecule has 5 heteroatoms. The van der Waals surface area contributed by atoms with Gasteiger partial charge in [0, 0.05) is 13.2 Å². The summed E-state index contributed by atoms with van der Waals surface area (Å²) in [5, 5.41) is 0. The van der Waals surface area contributed by atoms with Gasteiger partial charge in [0.1, 0.15) is 0 Å². The summed E-state index contributed by atoms with van der Waals surface area (Å²) in [4.78, 5) is 4.80. The highest BCUT2D eigenvalue weighted by Crippen LogP contribution is 2.32. The molecule has 3 aromatic rings. The monoisotopic (exact) mass is 392 g/mol. The number of aromatic nitrogens is 1. The quantitative estimate of drug-likeness (QED) is 0.648. The summed E-state index contributed by atoms with van der Waals surface area (Å²) in [5.74, 6) is 0. The lowest BCUT2D eigenvalue weighted by Gasteiger charge is -2.28. The van der Waals surface area contributed by atoms with Crippen molar-refractivity contribution in [2.75, 3.05) is 7.05 Å². The zero-order chi connectivity index (χ0) is 19.6. The van der Waals surface area contributed by atoms with Crippen molar-refractivity contribution in [2.45, 2.75) is 36.6 Å². The molecule has 0 radical (unpaired) electrons. The van der Waals surface area contributed by atoms with Crippen molar-refractivity contribution in [3.05, 3.63) is 95.3 Å². The first-order chi connectivity index (χ1) is 13.6. The van der Waals surface area contributed by atoms with Crippen LogP contribution >= 0.6 is 0 Å². The molecule has 0 N–H and O–H groups in total. The smallest absolute Gasteiger partial charge is 0.243 e. The molecule has 0 fully saturated rings. The minimum Gasteiger partial charge on any atom is -0.259 e. The number of rotatable bonds is 5. The zero-order valence-electron chi connectivity index (χ0n) is 16.0. The Morgan fingerprint density at radius 3 is 2.32 bits per heavy atom. The van der Waals surface area contributed by atoms with Crippen molar-refractivity contribution in [3.8, 4) is 0 Å². The number of hydrogen-bond donors (Lipinski definition) is 0. The lowest BCUT2D eigenvalue weighted by atomic mass is 9.92. The first-order valence-corrected chi connectivity index (χ1v) is 11.1. The highest BCUT2D eigenvalue weighted by Gasteiger charge is 2.31. The lowest BCUT2D eigenvalue weighted by Crippen LogP contribution is -2.32. The largest absolute Gasteiger partial charge is 0.259 e. The average Bonchev–Trinajstić information content (AvgIpc) is 2.75. The second kappa shape index (κ2) is 7.86. The molecular formula is C23H24N2O2S. The van der Waals surface area contributed by atoms with Gasteiger partial charge in [0.25, 0.3) is 0 Å². The molecule has 1 unspecified atom stereocenters. The van der Waals surface area contributed by atoms with Gasteiger partial charge < -0.3 is 0 Å². The predicted molar refractivity (Wildman–Crippen MR) is 111 cm³/mol. The average molecular weight is 393 g/mol. The number of pyridine rings is 1. The molecule has 144 valence electrons. The molecule has 1 heterocycles. The van der Waals surface area contributed by atoms with Crippen LogP contribution in [-0.2, 0) is 22.9 Å². The zero-order valence-corrected chi connectivity index (χ0v) is 16.8. The number of benzene rings is 2. The maximum Gasteiger partial charge on any atom is 0.243 e. The molecule has 28 heavy (non-hydrogen) atoms. The third kappa shape index (κ3) is 3.60. The predicted octanol–water partition coefficient (Wildman–Crippen LogP) is 4.37. The molecule has 0 amide bonds. The van der Waals surface area contributed by atoms with Crippen molar-refractivity contribution >= 4 is 10.0 Å². The Bertz CT molecular complexity index is 1010. The van der Waals surface area contributed by atoms with E-state index in [0.717, 1.165) is 30.4 Å². The Labute approximate surface area is 166 Å². The standard InChI is InChI=1S/C23H24N2O2S/c1-25(23(19-10-3-2-4-11-19)22-13-7-8-16-24-22)28(26,27)21-15-14-18-9-5-6-12-20(18)17-21/h2-4,7-8,10-11,13-17,23H,5-6,9,12H2,1H3. The topological polar surface area (TPSA) is 50.3 Å². The summed E-state index contributed by atoms with van der Waals surface area (Å²) in [6, 6.07) is 20.4. The Kier molecular flexibility index (Phi) is 5.29. The molecule has 0 saturated heterocycles. The maximum atomic E-state index is 13.5. The molecule has 1 atom stereocenters. The van der Waals surface area contributed by atoms with Gasteiger partial charge in [-0.25, -0.2) is 8.42 Å². The summed E-state index contributed by atoms with van der Waals surface area (Å²) in [6.45, 7) is 0. The number of sulfonamides is 1. The van der Waals surface area contributed by atoms with Crippen molar-refractivity contribution < 1.29 is 8.42 Å². The first kappa shape index (κ1) is 18.8. The fourth-order valence-electron chi connectivity index (χ4n) is 3.92. The van der Waals surface area contributed by atoms with Gasteiger partial charge in [0.15, 0.2) is 0 Å². The highest BCUT2D eigenvalue weighted by atomic mass is 32.2. The first-order valence-electron chi connectivity index (χ1n) is 9.63. The van der Waals surface area contributed by atoms with Crippen LogP contribution in [0.2, 0.25) is 0 Å². The van der Waals surface area contributed by atoms with E-state index in [1.807, 2.05) is 60.7 Å². The van der Waals surface area contributed by atoms with Gasteiger partial charge in [-0.05, 0) is 66.6 Å². The lowest BCUT2D eigenvalue weighted by molar-refractivity contribution is 0.411. The number of aryl methyl sites for hydroxylation is 2. The Hall–Kier alpha value is -2.50. The highest BCUT2D eigenvalue weighted by molar-refractivity contribution is 7.89. The van der Waals surface area contributed by atoms with Crippen LogP contribution in [0.15, 0.2) is 77.8 Å². The normalized spacial score (nSPS) is 15.2. The molecule has 4 rings (SSSR count). The molecule has 1 aromatic heterocycles. The summed E-state index contributed by atoms with van der Waals surface area (Å²) < 4.78 is 28.4. The SMILES string of the molecule is CN(C(c1ccccc1)c1ccccn1)S(=O)(=O)c1ccc2c(c1)CCCC2. The van der Waals surface area contributed by atoms with E-state index in [9.17, 15) is 8.42 Å². The summed E-state index contributed by atoms with van der Waals surface area (Å²) in [6.07, 6.45) is 5.98. The maximum absolute atomic E-state index is 13.5. The molecule has 0 aliphatic heterocycles. The third-order valence-corrected chi connectivity index (χ3v) is 7.26. The van der Waals surface area contributed by atoms with Gasteiger partial charge in [0.05, 0.1) is 16.6 Å². The Morgan fingerprint density at radius 2 is 1.61 bits per heavy atom. The van der Waals surface area contributed by atoms with E-state index in [1.165, 1.54) is 16.3 Å². The van der Waals surface area contributed by atoms with Crippen LogP contribution < -0.4 is 0 Å². The summed E-state index contributed by atoms with van der Waals surface area (Å²) in [7, 11) is -2.03. The molecule has 2 aromatic carbocycles. The van der Waals surface area contributed by atoms with Crippen LogP contribution in [-0.4, -0.2) is 24.8 Å².